The molecular formula is C14H17NO3. The van der Waals surface area contributed by atoms with E-state index >= 15 is 0 Å². The number of rotatable bonds is 3. The third kappa shape index (κ3) is 2.23. The zero-order valence-corrected chi connectivity index (χ0v) is 10.7. The van der Waals surface area contributed by atoms with Crippen LogP contribution in [0.3, 0.4) is 0 Å². The average molecular weight is 247 g/mol. The second-order valence-electron chi connectivity index (χ2n) is 4.58. The molecule has 1 fully saturated rings. The molecule has 1 saturated heterocycles. The lowest BCUT2D eigenvalue weighted by Gasteiger charge is -2.21. The number of hydrogen-bond donors (Lipinski definition) is 0. The number of methoxy groups -OCH3 is 1. The van der Waals surface area contributed by atoms with E-state index in [9.17, 15) is 9.59 Å². The first-order chi connectivity index (χ1) is 8.67. The van der Waals surface area contributed by atoms with Crippen LogP contribution in [0, 0.1) is 12.8 Å². The summed E-state index contributed by atoms with van der Waals surface area (Å²) in [5.74, 6) is -0.257. The molecule has 0 bridgehead atoms. The van der Waals surface area contributed by atoms with Gasteiger partial charge in [0.1, 0.15) is 0 Å². The summed E-state index contributed by atoms with van der Waals surface area (Å²) in [6.07, 6.45) is 1.66. The van der Waals surface area contributed by atoms with Gasteiger partial charge in [0.25, 0.3) is 0 Å². The Kier molecular flexibility index (Phi) is 3.65. The van der Waals surface area contributed by atoms with E-state index in [1.54, 1.807) is 0 Å². The predicted molar refractivity (Wildman–Crippen MR) is 68.9 cm³/mol. The summed E-state index contributed by atoms with van der Waals surface area (Å²) in [6, 6.07) is 5.78. The maximum absolute atomic E-state index is 11.5. The van der Waals surface area contributed by atoms with Crippen LogP contribution in [0.5, 0.6) is 0 Å². The Morgan fingerprint density at radius 3 is 2.94 bits per heavy atom. The van der Waals surface area contributed by atoms with Gasteiger partial charge in [-0.05, 0) is 25.0 Å². The summed E-state index contributed by atoms with van der Waals surface area (Å²) in [7, 11) is 1.41. The summed E-state index contributed by atoms with van der Waals surface area (Å²) in [5.41, 5.74) is 2.59. The molecule has 4 nitrogen and oxygen atoms in total. The first-order valence-corrected chi connectivity index (χ1v) is 6.05. The number of nitrogens with zero attached hydrogens (tertiary/aromatic N) is 1. The first-order valence-electron chi connectivity index (χ1n) is 6.05. The summed E-state index contributed by atoms with van der Waals surface area (Å²) >= 11 is 0. The highest BCUT2D eigenvalue weighted by Gasteiger charge is 2.30. The standard InChI is InChI=1S/C14H17NO3/c1-10-4-3-5-13(12(10)9-16)15-7-6-11(8-15)14(17)18-2/h3-5,9,11H,6-8H2,1-2H3. The molecular weight excluding hydrogens is 230 g/mol. The fourth-order valence-electron chi connectivity index (χ4n) is 2.43. The van der Waals surface area contributed by atoms with Crippen molar-refractivity contribution in [1.82, 2.24) is 0 Å². The smallest absolute Gasteiger partial charge is 0.310 e. The van der Waals surface area contributed by atoms with Gasteiger partial charge < -0.3 is 9.64 Å². The quantitative estimate of drug-likeness (QED) is 0.603. The van der Waals surface area contributed by atoms with Gasteiger partial charge in [-0.2, -0.15) is 0 Å². The van der Waals surface area contributed by atoms with Crippen molar-refractivity contribution in [2.45, 2.75) is 13.3 Å². The maximum Gasteiger partial charge on any atom is 0.310 e. The normalized spacial score (nSPS) is 18.8. The number of ether oxygens (including phenoxy) is 1. The molecule has 0 N–H and O–H groups in total. The second kappa shape index (κ2) is 5.21. The van der Waals surface area contributed by atoms with Gasteiger partial charge in [-0.15, -0.1) is 0 Å². The van der Waals surface area contributed by atoms with Gasteiger partial charge in [-0.3, -0.25) is 9.59 Å². The van der Waals surface area contributed by atoms with Crippen molar-refractivity contribution in [3.63, 3.8) is 0 Å². The largest absolute Gasteiger partial charge is 0.469 e. The van der Waals surface area contributed by atoms with Crippen molar-refractivity contribution >= 4 is 17.9 Å². The zero-order chi connectivity index (χ0) is 13.1. The lowest BCUT2D eigenvalue weighted by atomic mass is 10.1. The lowest BCUT2D eigenvalue weighted by molar-refractivity contribution is -0.144. The molecule has 0 aromatic heterocycles. The van der Waals surface area contributed by atoms with Gasteiger partial charge in [0.15, 0.2) is 6.29 Å². The fourth-order valence-corrected chi connectivity index (χ4v) is 2.43. The van der Waals surface area contributed by atoms with Gasteiger partial charge in [0.05, 0.1) is 13.0 Å². The Balaban J connectivity index is 2.22. The van der Waals surface area contributed by atoms with Gasteiger partial charge in [0, 0.05) is 24.3 Å². The highest BCUT2D eigenvalue weighted by molar-refractivity contribution is 5.87. The van der Waals surface area contributed by atoms with Gasteiger partial charge in [0.2, 0.25) is 0 Å². The molecule has 4 heteroatoms. The van der Waals surface area contributed by atoms with Crippen molar-refractivity contribution in [2.24, 2.45) is 5.92 Å². The lowest BCUT2D eigenvalue weighted by Crippen LogP contribution is -2.24. The highest BCUT2D eigenvalue weighted by atomic mass is 16.5. The van der Waals surface area contributed by atoms with Crippen molar-refractivity contribution in [2.75, 3.05) is 25.1 Å². The average Bonchev–Trinajstić information content (AvgIpc) is 2.87. The van der Waals surface area contributed by atoms with Gasteiger partial charge >= 0.3 is 5.97 Å². The minimum absolute atomic E-state index is 0.0879. The van der Waals surface area contributed by atoms with E-state index in [1.165, 1.54) is 7.11 Å². The topological polar surface area (TPSA) is 46.6 Å². The second-order valence-corrected chi connectivity index (χ2v) is 4.58. The summed E-state index contributed by atoms with van der Waals surface area (Å²) in [5, 5.41) is 0. The molecule has 0 radical (unpaired) electrons. The highest BCUT2D eigenvalue weighted by Crippen LogP contribution is 2.28. The van der Waals surface area contributed by atoms with Crippen LogP contribution in [0.4, 0.5) is 5.69 Å². The molecule has 1 aromatic carbocycles. The van der Waals surface area contributed by atoms with Gasteiger partial charge in [-0.25, -0.2) is 0 Å². The molecule has 2 rings (SSSR count). The van der Waals surface area contributed by atoms with E-state index < -0.39 is 0 Å². The predicted octanol–water partition coefficient (Wildman–Crippen LogP) is 1.81. The number of carbonyl (C=O) groups is 2. The number of aldehydes is 1. The summed E-state index contributed by atoms with van der Waals surface area (Å²) < 4.78 is 4.76. The molecule has 1 aliphatic heterocycles. The van der Waals surface area contributed by atoms with Crippen molar-refractivity contribution < 1.29 is 14.3 Å². The number of anilines is 1. The Bertz CT molecular complexity index is 470. The van der Waals surface area contributed by atoms with Crippen LogP contribution in [0.15, 0.2) is 18.2 Å². The molecule has 0 aliphatic carbocycles. The van der Waals surface area contributed by atoms with Crippen LogP contribution < -0.4 is 4.90 Å². The van der Waals surface area contributed by atoms with Crippen LogP contribution >= 0.6 is 0 Å². The summed E-state index contributed by atoms with van der Waals surface area (Å²) in [4.78, 5) is 24.7. The van der Waals surface area contributed by atoms with Crippen LogP contribution in [0.2, 0.25) is 0 Å². The molecule has 1 heterocycles. The van der Waals surface area contributed by atoms with Gasteiger partial charge in [-0.1, -0.05) is 12.1 Å². The SMILES string of the molecule is COC(=O)C1CCN(c2cccc(C)c2C=O)C1. The zero-order valence-electron chi connectivity index (χ0n) is 10.7. The Labute approximate surface area is 107 Å². The van der Waals surface area contributed by atoms with E-state index in [0.29, 0.717) is 12.1 Å². The van der Waals surface area contributed by atoms with E-state index in [0.717, 1.165) is 30.5 Å². The third-order valence-corrected chi connectivity index (χ3v) is 3.48. The number of carbonyl (C=O) groups excluding carboxylic acids is 2. The third-order valence-electron chi connectivity index (χ3n) is 3.48. The molecule has 18 heavy (non-hydrogen) atoms. The monoisotopic (exact) mass is 247 g/mol. The molecule has 0 saturated carbocycles. The molecule has 1 unspecified atom stereocenters. The van der Waals surface area contributed by atoms with Crippen LogP contribution in [-0.4, -0.2) is 32.5 Å². The number of benzene rings is 1. The van der Waals surface area contributed by atoms with E-state index in [1.807, 2.05) is 25.1 Å². The number of esters is 1. The first kappa shape index (κ1) is 12.6. The molecule has 0 amide bonds. The Hall–Kier alpha value is -1.84. The van der Waals surface area contributed by atoms with Crippen LogP contribution in [0.1, 0.15) is 22.3 Å². The van der Waals surface area contributed by atoms with E-state index in [2.05, 4.69) is 4.90 Å². The van der Waals surface area contributed by atoms with Crippen molar-refractivity contribution in [3.8, 4) is 0 Å². The Morgan fingerprint density at radius 1 is 1.50 bits per heavy atom. The number of hydrogen-bond acceptors (Lipinski definition) is 4. The van der Waals surface area contributed by atoms with Crippen molar-refractivity contribution in [3.05, 3.63) is 29.3 Å². The molecule has 1 atom stereocenters. The molecule has 1 aliphatic rings. The fraction of sp³-hybridized carbons (Fsp3) is 0.429. The van der Waals surface area contributed by atoms with E-state index in [4.69, 9.17) is 4.74 Å². The molecule has 1 aromatic rings. The molecule has 96 valence electrons. The minimum Gasteiger partial charge on any atom is -0.469 e. The van der Waals surface area contributed by atoms with E-state index in [-0.39, 0.29) is 11.9 Å². The molecule has 0 spiro atoms. The maximum atomic E-state index is 11.5. The van der Waals surface area contributed by atoms with Crippen LogP contribution in [-0.2, 0) is 9.53 Å². The minimum atomic E-state index is -0.169. The number of aryl methyl sites for hydroxylation is 1. The Morgan fingerprint density at radius 2 is 2.28 bits per heavy atom. The van der Waals surface area contributed by atoms with Crippen molar-refractivity contribution in [1.29, 1.82) is 0 Å². The summed E-state index contributed by atoms with van der Waals surface area (Å²) in [6.45, 7) is 3.32. The van der Waals surface area contributed by atoms with Crippen LogP contribution in [0.25, 0.3) is 0 Å².